The SMILES string of the molecule is O=C(NC1CCCC(c2nc3ccccc3[nH]2)C1)c1ccc(OC(=O)C(F)(F)F)c(Cl)c1. The molecule has 168 valence electrons. The molecule has 4 rings (SSSR count). The van der Waals surface area contributed by atoms with E-state index in [-0.39, 0.29) is 22.5 Å². The average molecular weight is 466 g/mol. The lowest BCUT2D eigenvalue weighted by molar-refractivity contribution is -0.189. The lowest BCUT2D eigenvalue weighted by Gasteiger charge is -2.28. The number of imidazole rings is 1. The Labute approximate surface area is 186 Å². The zero-order valence-corrected chi connectivity index (χ0v) is 17.5. The third-order valence-electron chi connectivity index (χ3n) is 5.43. The maximum Gasteiger partial charge on any atom is 0.491 e. The molecule has 1 saturated carbocycles. The van der Waals surface area contributed by atoms with Crippen molar-refractivity contribution in [3.8, 4) is 5.75 Å². The summed E-state index contributed by atoms with van der Waals surface area (Å²) in [5.41, 5.74) is 2.02. The second kappa shape index (κ2) is 8.82. The highest BCUT2D eigenvalue weighted by atomic mass is 35.5. The van der Waals surface area contributed by atoms with Crippen molar-refractivity contribution in [2.24, 2.45) is 0 Å². The van der Waals surface area contributed by atoms with Crippen LogP contribution in [0.1, 0.15) is 47.8 Å². The molecule has 2 N–H and O–H groups in total. The fraction of sp³-hybridized carbons (Fsp3) is 0.318. The zero-order chi connectivity index (χ0) is 22.9. The van der Waals surface area contributed by atoms with Crippen LogP contribution in [0.4, 0.5) is 13.2 Å². The molecule has 6 nitrogen and oxygen atoms in total. The fourth-order valence-electron chi connectivity index (χ4n) is 3.89. The van der Waals surface area contributed by atoms with Crippen LogP contribution in [0.2, 0.25) is 5.02 Å². The first kappa shape index (κ1) is 22.1. The van der Waals surface area contributed by atoms with Gasteiger partial charge in [0.05, 0.1) is 16.1 Å². The number of aromatic amines is 1. The molecular weight excluding hydrogens is 447 g/mol. The van der Waals surface area contributed by atoms with Gasteiger partial charge in [-0.1, -0.05) is 30.2 Å². The molecule has 2 unspecified atom stereocenters. The number of ether oxygens (including phenoxy) is 1. The summed E-state index contributed by atoms with van der Waals surface area (Å²) >= 11 is 5.92. The van der Waals surface area contributed by atoms with E-state index in [0.29, 0.717) is 6.42 Å². The van der Waals surface area contributed by atoms with Gasteiger partial charge in [-0.3, -0.25) is 4.79 Å². The average Bonchev–Trinajstić information content (AvgIpc) is 3.19. The molecule has 0 spiro atoms. The van der Waals surface area contributed by atoms with Crippen LogP contribution in [-0.2, 0) is 4.79 Å². The molecule has 0 aliphatic heterocycles. The first-order valence-corrected chi connectivity index (χ1v) is 10.4. The van der Waals surface area contributed by atoms with Gasteiger partial charge in [0.2, 0.25) is 0 Å². The van der Waals surface area contributed by atoms with E-state index in [1.807, 2.05) is 24.3 Å². The number of carbonyl (C=O) groups excluding carboxylic acids is 2. The van der Waals surface area contributed by atoms with Crippen LogP contribution in [0, 0.1) is 0 Å². The van der Waals surface area contributed by atoms with Gasteiger partial charge in [0.1, 0.15) is 11.6 Å². The smallest absolute Gasteiger partial charge is 0.418 e. The summed E-state index contributed by atoms with van der Waals surface area (Å²) in [6, 6.07) is 11.2. The molecule has 1 heterocycles. The summed E-state index contributed by atoms with van der Waals surface area (Å²) < 4.78 is 41.3. The van der Waals surface area contributed by atoms with Crippen molar-refractivity contribution in [2.75, 3.05) is 0 Å². The number of nitrogens with zero attached hydrogens (tertiary/aromatic N) is 1. The Morgan fingerprint density at radius 3 is 2.66 bits per heavy atom. The number of carbonyl (C=O) groups is 2. The summed E-state index contributed by atoms with van der Waals surface area (Å²) in [6.07, 6.45) is -1.76. The minimum absolute atomic E-state index is 0.0871. The Balaban J connectivity index is 1.41. The van der Waals surface area contributed by atoms with Crippen molar-refractivity contribution in [3.63, 3.8) is 0 Å². The second-order valence-corrected chi connectivity index (χ2v) is 8.11. The molecule has 1 fully saturated rings. The predicted octanol–water partition coefficient (Wildman–Crippen LogP) is 5.14. The normalized spacial score (nSPS) is 19.0. The lowest BCUT2D eigenvalue weighted by Crippen LogP contribution is -2.38. The van der Waals surface area contributed by atoms with E-state index in [1.165, 1.54) is 12.1 Å². The summed E-state index contributed by atoms with van der Waals surface area (Å²) in [5, 5.41) is 2.69. The first-order chi connectivity index (χ1) is 15.2. The topological polar surface area (TPSA) is 84.1 Å². The number of hydrogen-bond donors (Lipinski definition) is 2. The molecule has 1 amide bonds. The number of alkyl halides is 3. The van der Waals surface area contributed by atoms with Crippen molar-refractivity contribution < 1.29 is 27.5 Å². The molecule has 10 heteroatoms. The van der Waals surface area contributed by atoms with Crippen LogP contribution in [0.25, 0.3) is 11.0 Å². The van der Waals surface area contributed by atoms with Crippen LogP contribution < -0.4 is 10.1 Å². The Kier molecular flexibility index (Phi) is 6.10. The van der Waals surface area contributed by atoms with E-state index < -0.39 is 23.8 Å². The lowest BCUT2D eigenvalue weighted by atomic mass is 9.85. The quantitative estimate of drug-likeness (QED) is 0.413. The van der Waals surface area contributed by atoms with Gasteiger partial charge in [0.25, 0.3) is 5.91 Å². The highest BCUT2D eigenvalue weighted by Crippen LogP contribution is 2.33. The minimum atomic E-state index is -5.14. The van der Waals surface area contributed by atoms with Crippen molar-refractivity contribution in [2.45, 2.75) is 43.8 Å². The summed E-state index contributed by atoms with van der Waals surface area (Å²) in [7, 11) is 0. The van der Waals surface area contributed by atoms with E-state index >= 15 is 0 Å². The highest BCUT2D eigenvalue weighted by molar-refractivity contribution is 6.32. The third kappa shape index (κ3) is 4.88. The molecule has 3 aromatic rings. The predicted molar refractivity (Wildman–Crippen MR) is 112 cm³/mol. The van der Waals surface area contributed by atoms with Gasteiger partial charge < -0.3 is 15.0 Å². The number of hydrogen-bond acceptors (Lipinski definition) is 4. The number of nitrogens with one attached hydrogen (secondary N) is 2. The molecule has 0 saturated heterocycles. The summed E-state index contributed by atoms with van der Waals surface area (Å²) in [4.78, 5) is 31.7. The van der Waals surface area contributed by atoms with E-state index in [4.69, 9.17) is 11.6 Å². The summed E-state index contributed by atoms with van der Waals surface area (Å²) in [6.45, 7) is 0. The van der Waals surface area contributed by atoms with Gasteiger partial charge in [0.15, 0.2) is 0 Å². The Morgan fingerprint density at radius 2 is 1.94 bits per heavy atom. The maximum atomic E-state index is 12.7. The number of amides is 1. The standard InChI is InChI=1S/C22H19ClF3N3O3/c23-15-11-13(8-9-18(15)32-21(31)22(24,25)26)20(30)27-14-5-3-4-12(10-14)19-28-16-6-1-2-7-17(16)29-19/h1-2,6-9,11-12,14H,3-5,10H2,(H,27,30)(H,28,29). The number of benzene rings is 2. The van der Waals surface area contributed by atoms with E-state index in [9.17, 15) is 22.8 Å². The molecule has 0 bridgehead atoms. The van der Waals surface area contributed by atoms with Gasteiger partial charge in [0, 0.05) is 17.5 Å². The molecular formula is C22H19ClF3N3O3. The van der Waals surface area contributed by atoms with Crippen LogP contribution >= 0.6 is 11.6 Å². The van der Waals surface area contributed by atoms with Gasteiger partial charge in [-0.15, -0.1) is 0 Å². The minimum Gasteiger partial charge on any atom is -0.418 e. The number of para-hydroxylation sites is 2. The van der Waals surface area contributed by atoms with Gasteiger partial charge in [-0.25, -0.2) is 9.78 Å². The van der Waals surface area contributed by atoms with Crippen molar-refractivity contribution in [1.29, 1.82) is 0 Å². The van der Waals surface area contributed by atoms with Gasteiger partial charge in [-0.2, -0.15) is 13.2 Å². The largest absolute Gasteiger partial charge is 0.491 e. The number of aromatic nitrogens is 2. The van der Waals surface area contributed by atoms with Crippen LogP contribution in [0.5, 0.6) is 5.75 Å². The molecule has 2 atom stereocenters. The Morgan fingerprint density at radius 1 is 1.16 bits per heavy atom. The summed E-state index contributed by atoms with van der Waals surface area (Å²) in [5.74, 6) is -2.18. The molecule has 1 aromatic heterocycles. The number of H-pyrrole nitrogens is 1. The molecule has 1 aliphatic carbocycles. The van der Waals surface area contributed by atoms with E-state index in [1.54, 1.807) is 0 Å². The fourth-order valence-corrected chi connectivity index (χ4v) is 4.11. The van der Waals surface area contributed by atoms with E-state index in [0.717, 1.165) is 42.2 Å². The monoisotopic (exact) mass is 465 g/mol. The number of halogens is 4. The van der Waals surface area contributed by atoms with Crippen molar-refractivity contribution >= 4 is 34.5 Å². The van der Waals surface area contributed by atoms with Gasteiger partial charge in [-0.05, 0) is 49.6 Å². The van der Waals surface area contributed by atoms with Crippen molar-refractivity contribution in [3.05, 3.63) is 58.9 Å². The third-order valence-corrected chi connectivity index (χ3v) is 5.73. The van der Waals surface area contributed by atoms with Crippen LogP contribution in [0.15, 0.2) is 42.5 Å². The van der Waals surface area contributed by atoms with E-state index in [2.05, 4.69) is 20.0 Å². The zero-order valence-electron chi connectivity index (χ0n) is 16.7. The van der Waals surface area contributed by atoms with Crippen LogP contribution in [0.3, 0.4) is 0 Å². The number of rotatable bonds is 4. The first-order valence-electron chi connectivity index (χ1n) is 10.0. The number of esters is 1. The molecule has 2 aromatic carbocycles. The second-order valence-electron chi connectivity index (χ2n) is 7.71. The highest BCUT2D eigenvalue weighted by Gasteiger charge is 2.41. The molecule has 0 radical (unpaired) electrons. The van der Waals surface area contributed by atoms with Gasteiger partial charge >= 0.3 is 12.1 Å². The van der Waals surface area contributed by atoms with Crippen molar-refractivity contribution in [1.82, 2.24) is 15.3 Å². The number of fused-ring (bicyclic) bond motifs is 1. The maximum absolute atomic E-state index is 12.7. The molecule has 1 aliphatic rings. The Bertz CT molecular complexity index is 1130. The van der Waals surface area contributed by atoms with Crippen LogP contribution in [-0.4, -0.2) is 34.1 Å². The Hall–Kier alpha value is -3.07. The molecule has 32 heavy (non-hydrogen) atoms.